The molecule has 3 rings (SSSR count). The van der Waals surface area contributed by atoms with Crippen LogP contribution in [0.4, 0.5) is 5.69 Å². The number of rotatable bonds is 8. The highest BCUT2D eigenvalue weighted by atomic mass is 16.3. The zero-order chi connectivity index (χ0) is 21.3. The fourth-order valence-electron chi connectivity index (χ4n) is 3.65. The number of anilines is 1. The molecular weight excluding hydrogens is 380 g/mol. The molecule has 2 heterocycles. The van der Waals surface area contributed by atoms with E-state index in [4.69, 9.17) is 4.42 Å². The zero-order valence-corrected chi connectivity index (χ0v) is 17.8. The Bertz CT molecular complexity index is 784. The van der Waals surface area contributed by atoms with Crippen LogP contribution in [0.3, 0.4) is 0 Å². The molecule has 1 saturated heterocycles. The fourth-order valence-corrected chi connectivity index (χ4v) is 3.65. The summed E-state index contributed by atoms with van der Waals surface area (Å²) in [5.74, 6) is 0.0934. The van der Waals surface area contributed by atoms with Gasteiger partial charge in [-0.2, -0.15) is 0 Å². The summed E-state index contributed by atoms with van der Waals surface area (Å²) < 4.78 is 5.64. The monoisotopic (exact) mass is 412 g/mol. The fraction of sp³-hybridized carbons (Fsp3) is 0.478. The maximum Gasteiger partial charge on any atom is 0.309 e. The lowest BCUT2D eigenvalue weighted by molar-refractivity contribution is -0.139. The van der Waals surface area contributed by atoms with Crippen molar-refractivity contribution < 1.29 is 14.0 Å². The van der Waals surface area contributed by atoms with Crippen LogP contribution in [-0.4, -0.2) is 56.0 Å². The van der Waals surface area contributed by atoms with Crippen molar-refractivity contribution in [3.8, 4) is 0 Å². The van der Waals surface area contributed by atoms with Crippen molar-refractivity contribution in [2.24, 2.45) is 5.92 Å². The molecule has 0 spiro atoms. The second-order valence-corrected chi connectivity index (χ2v) is 8.04. The molecule has 1 aliphatic heterocycles. The van der Waals surface area contributed by atoms with E-state index in [0.717, 1.165) is 38.4 Å². The minimum absolute atomic E-state index is 0.106. The normalized spacial score (nSPS) is 15.8. The van der Waals surface area contributed by atoms with Gasteiger partial charge in [-0.1, -0.05) is 32.0 Å². The predicted octanol–water partition coefficient (Wildman–Crippen LogP) is 2.42. The molecule has 1 fully saturated rings. The van der Waals surface area contributed by atoms with Crippen LogP contribution in [0, 0.1) is 5.92 Å². The van der Waals surface area contributed by atoms with E-state index in [2.05, 4.69) is 58.5 Å². The van der Waals surface area contributed by atoms with Gasteiger partial charge in [-0.15, -0.1) is 0 Å². The highest BCUT2D eigenvalue weighted by Crippen LogP contribution is 2.24. The molecule has 0 radical (unpaired) electrons. The third-order valence-corrected chi connectivity index (χ3v) is 5.42. The largest absolute Gasteiger partial charge is 0.468 e. The van der Waals surface area contributed by atoms with E-state index in [1.54, 1.807) is 6.26 Å². The second kappa shape index (κ2) is 10.8. The molecular formula is C23H32N4O3. The number of nitrogens with zero attached hydrogens (tertiary/aromatic N) is 2. The van der Waals surface area contributed by atoms with Gasteiger partial charge in [-0.05, 0) is 36.6 Å². The molecule has 7 heteroatoms. The van der Waals surface area contributed by atoms with E-state index in [-0.39, 0.29) is 6.04 Å². The molecule has 1 aromatic carbocycles. The summed E-state index contributed by atoms with van der Waals surface area (Å²) in [5, 5.41) is 5.46. The topological polar surface area (TPSA) is 77.8 Å². The highest BCUT2D eigenvalue weighted by Gasteiger charge is 2.28. The third-order valence-electron chi connectivity index (χ3n) is 5.42. The van der Waals surface area contributed by atoms with Crippen LogP contribution in [-0.2, 0) is 9.59 Å². The van der Waals surface area contributed by atoms with Crippen LogP contribution in [0.15, 0.2) is 53.1 Å². The number of hydrogen-bond donors (Lipinski definition) is 2. The zero-order valence-electron chi connectivity index (χ0n) is 17.8. The Morgan fingerprint density at radius 1 is 0.967 bits per heavy atom. The first-order valence-electron chi connectivity index (χ1n) is 10.7. The number of benzene rings is 1. The molecule has 30 heavy (non-hydrogen) atoms. The van der Waals surface area contributed by atoms with E-state index in [1.165, 1.54) is 5.69 Å². The molecule has 2 aromatic rings. The molecule has 0 aliphatic carbocycles. The molecule has 1 aliphatic rings. The third kappa shape index (κ3) is 6.10. The van der Waals surface area contributed by atoms with Crippen LogP contribution in [0.25, 0.3) is 0 Å². The van der Waals surface area contributed by atoms with Crippen LogP contribution in [0.5, 0.6) is 0 Å². The number of amides is 2. The minimum Gasteiger partial charge on any atom is -0.468 e. The van der Waals surface area contributed by atoms with Gasteiger partial charge < -0.3 is 20.0 Å². The van der Waals surface area contributed by atoms with Gasteiger partial charge in [0.2, 0.25) is 0 Å². The van der Waals surface area contributed by atoms with Crippen molar-refractivity contribution in [1.82, 2.24) is 15.5 Å². The summed E-state index contributed by atoms with van der Waals surface area (Å²) in [7, 11) is 0. The summed E-state index contributed by atoms with van der Waals surface area (Å²) in [4.78, 5) is 28.9. The van der Waals surface area contributed by atoms with E-state index in [9.17, 15) is 9.59 Å². The van der Waals surface area contributed by atoms with Gasteiger partial charge in [0, 0.05) is 45.0 Å². The van der Waals surface area contributed by atoms with E-state index in [1.807, 2.05) is 18.2 Å². The van der Waals surface area contributed by atoms with Crippen LogP contribution < -0.4 is 15.5 Å². The Morgan fingerprint density at radius 2 is 1.67 bits per heavy atom. The first-order valence-corrected chi connectivity index (χ1v) is 10.7. The molecule has 7 nitrogen and oxygen atoms in total. The molecule has 1 aromatic heterocycles. The number of carbonyl (C=O) groups excluding carboxylic acids is 2. The number of furan rings is 1. The van der Waals surface area contributed by atoms with Gasteiger partial charge in [-0.3, -0.25) is 14.5 Å². The first-order chi connectivity index (χ1) is 14.5. The Labute approximate surface area is 178 Å². The van der Waals surface area contributed by atoms with Crippen molar-refractivity contribution in [3.63, 3.8) is 0 Å². The molecule has 2 amide bonds. The van der Waals surface area contributed by atoms with Gasteiger partial charge >= 0.3 is 11.8 Å². The van der Waals surface area contributed by atoms with E-state index in [0.29, 0.717) is 19.0 Å². The smallest absolute Gasteiger partial charge is 0.309 e. The average Bonchev–Trinajstić information content (AvgIpc) is 3.29. The number of para-hydroxylation sites is 1. The first kappa shape index (κ1) is 21.9. The van der Waals surface area contributed by atoms with Crippen LogP contribution >= 0.6 is 0 Å². The van der Waals surface area contributed by atoms with Crippen molar-refractivity contribution in [2.75, 3.05) is 44.2 Å². The minimum atomic E-state index is -0.599. The lowest BCUT2D eigenvalue weighted by atomic mass is 10.1. The maximum atomic E-state index is 12.2. The Morgan fingerprint density at radius 3 is 2.30 bits per heavy atom. The van der Waals surface area contributed by atoms with Gasteiger partial charge in [0.15, 0.2) is 0 Å². The lowest BCUT2D eigenvalue weighted by Crippen LogP contribution is -2.50. The van der Waals surface area contributed by atoms with Crippen molar-refractivity contribution in [3.05, 3.63) is 54.5 Å². The molecule has 0 saturated carbocycles. The summed E-state index contributed by atoms with van der Waals surface area (Å²) in [6.45, 7) is 8.47. The van der Waals surface area contributed by atoms with Crippen LogP contribution in [0.1, 0.15) is 32.1 Å². The summed E-state index contributed by atoms with van der Waals surface area (Å²) in [6.07, 6.45) is 2.49. The van der Waals surface area contributed by atoms with Gasteiger partial charge in [0.25, 0.3) is 0 Å². The Hall–Kier alpha value is -2.80. The Kier molecular flexibility index (Phi) is 7.90. The number of nitrogens with one attached hydrogen (secondary N) is 2. The molecule has 162 valence electrons. The number of hydrogen-bond acceptors (Lipinski definition) is 5. The number of carbonyl (C=O) groups is 2. The van der Waals surface area contributed by atoms with Crippen molar-refractivity contribution in [1.29, 1.82) is 0 Å². The second-order valence-electron chi connectivity index (χ2n) is 8.04. The molecule has 2 N–H and O–H groups in total. The summed E-state index contributed by atoms with van der Waals surface area (Å²) in [6, 6.07) is 14.0. The standard InChI is InChI=1S/C23H32N4O3/c1-18(2)10-11-24-22(28)23(29)25-17-20(21-9-6-16-30-21)27-14-12-26(13-15-27)19-7-4-3-5-8-19/h3-9,16,18,20H,10-15,17H2,1-2H3,(H,24,28)(H,25,29). The Balaban J connectivity index is 1.54. The quantitative estimate of drug-likeness (QED) is 0.651. The predicted molar refractivity (Wildman–Crippen MR) is 117 cm³/mol. The van der Waals surface area contributed by atoms with Crippen molar-refractivity contribution in [2.45, 2.75) is 26.3 Å². The molecule has 1 unspecified atom stereocenters. The summed E-state index contributed by atoms with van der Waals surface area (Å²) in [5.41, 5.74) is 1.22. The molecule has 1 atom stereocenters. The number of piperazine rings is 1. The van der Waals surface area contributed by atoms with Crippen LogP contribution in [0.2, 0.25) is 0 Å². The average molecular weight is 413 g/mol. The van der Waals surface area contributed by atoms with Gasteiger partial charge in [0.05, 0.1) is 12.3 Å². The highest BCUT2D eigenvalue weighted by molar-refractivity contribution is 6.35. The summed E-state index contributed by atoms with van der Waals surface area (Å²) >= 11 is 0. The van der Waals surface area contributed by atoms with Gasteiger partial charge in [-0.25, -0.2) is 0 Å². The van der Waals surface area contributed by atoms with Gasteiger partial charge in [0.1, 0.15) is 5.76 Å². The van der Waals surface area contributed by atoms with Crippen molar-refractivity contribution >= 4 is 17.5 Å². The molecule has 0 bridgehead atoms. The van der Waals surface area contributed by atoms with E-state index < -0.39 is 11.8 Å². The maximum absolute atomic E-state index is 12.2. The SMILES string of the molecule is CC(C)CCNC(=O)C(=O)NCC(c1ccco1)N1CCN(c2ccccc2)CC1. The van der Waals surface area contributed by atoms with E-state index >= 15 is 0 Å². The lowest BCUT2D eigenvalue weighted by Gasteiger charge is -2.39.